The minimum Gasteiger partial charge on any atom is -0.356 e. The van der Waals surface area contributed by atoms with Crippen LogP contribution in [0.15, 0.2) is 97.3 Å². The van der Waals surface area contributed by atoms with Gasteiger partial charge in [0.1, 0.15) is 11.4 Å². The predicted molar refractivity (Wildman–Crippen MR) is 148 cm³/mol. The van der Waals surface area contributed by atoms with Crippen LogP contribution in [0, 0.1) is 5.95 Å². The monoisotopic (exact) mass is 516 g/mol. The van der Waals surface area contributed by atoms with E-state index in [-0.39, 0.29) is 6.23 Å². The Hall–Kier alpha value is -4.69. The maximum absolute atomic E-state index is 14.5. The van der Waals surface area contributed by atoms with Crippen molar-refractivity contribution in [2.24, 2.45) is 0 Å². The van der Waals surface area contributed by atoms with Crippen molar-refractivity contribution in [1.29, 1.82) is 0 Å². The van der Waals surface area contributed by atoms with Crippen LogP contribution >= 0.6 is 0 Å². The molecule has 1 aliphatic heterocycles. The summed E-state index contributed by atoms with van der Waals surface area (Å²) in [6, 6.07) is 27.7. The molecule has 1 aliphatic rings. The molecule has 0 spiro atoms. The molecule has 192 valence electrons. The molecule has 3 aromatic carbocycles. The molecule has 0 bridgehead atoms. The predicted octanol–water partition coefficient (Wildman–Crippen LogP) is 6.85. The molecule has 8 heteroatoms. The lowest BCUT2D eigenvalue weighted by Crippen LogP contribution is -2.19. The zero-order chi connectivity index (χ0) is 26.2. The van der Waals surface area contributed by atoms with Crippen LogP contribution in [-0.4, -0.2) is 36.4 Å². The minimum absolute atomic E-state index is 0.156. The Morgan fingerprint density at radius 1 is 0.846 bits per heavy atom. The van der Waals surface area contributed by atoms with E-state index < -0.39 is 5.95 Å². The third kappa shape index (κ3) is 4.38. The lowest BCUT2D eigenvalue weighted by molar-refractivity contribution is -0.0365. The van der Waals surface area contributed by atoms with Crippen molar-refractivity contribution in [2.75, 3.05) is 6.61 Å². The molecule has 0 N–H and O–H groups in total. The summed E-state index contributed by atoms with van der Waals surface area (Å²) >= 11 is 0. The molecule has 0 amide bonds. The fourth-order valence-electron chi connectivity index (χ4n) is 5.17. The van der Waals surface area contributed by atoms with Crippen LogP contribution in [0.2, 0.25) is 0 Å². The fraction of sp³-hybridized carbons (Fsp3) is 0.161. The Bertz CT molecular complexity index is 1750. The third-order valence-electron chi connectivity index (χ3n) is 7.18. The van der Waals surface area contributed by atoms with Crippen molar-refractivity contribution in [3.05, 3.63) is 103 Å². The molecule has 0 aliphatic carbocycles. The van der Waals surface area contributed by atoms with Crippen LogP contribution in [-0.2, 0) is 4.74 Å². The third-order valence-corrected chi connectivity index (χ3v) is 7.18. The number of aromatic nitrogens is 6. The second-order valence-corrected chi connectivity index (χ2v) is 9.65. The molecule has 1 saturated heterocycles. The topological polar surface area (TPSA) is 70.7 Å². The van der Waals surface area contributed by atoms with E-state index in [0.29, 0.717) is 23.6 Å². The number of fused-ring (bicyclic) bond motifs is 1. The van der Waals surface area contributed by atoms with Crippen LogP contribution in [0.4, 0.5) is 4.39 Å². The zero-order valence-electron chi connectivity index (χ0n) is 21.1. The number of nitrogens with zero attached hydrogens (tertiary/aromatic N) is 6. The first-order chi connectivity index (χ1) is 19.2. The molecule has 3 aromatic heterocycles. The van der Waals surface area contributed by atoms with E-state index in [1.54, 1.807) is 16.8 Å². The summed E-state index contributed by atoms with van der Waals surface area (Å²) in [5.74, 6) is -0.508. The highest BCUT2D eigenvalue weighted by molar-refractivity contribution is 5.95. The molecule has 1 fully saturated rings. The lowest BCUT2D eigenvalue weighted by Gasteiger charge is -2.23. The Balaban J connectivity index is 1.30. The number of hydrogen-bond donors (Lipinski definition) is 0. The van der Waals surface area contributed by atoms with Crippen molar-refractivity contribution in [2.45, 2.75) is 25.5 Å². The van der Waals surface area contributed by atoms with Crippen LogP contribution in [0.3, 0.4) is 0 Å². The molecule has 7 rings (SSSR count). The summed E-state index contributed by atoms with van der Waals surface area (Å²) < 4.78 is 24.3. The summed E-state index contributed by atoms with van der Waals surface area (Å²) in [5, 5.41) is 14.7. The molecule has 6 aromatic rings. The van der Waals surface area contributed by atoms with Crippen LogP contribution < -0.4 is 0 Å². The second kappa shape index (κ2) is 9.89. The van der Waals surface area contributed by atoms with Gasteiger partial charge in [-0.15, -0.1) is 5.10 Å². The number of rotatable bonds is 5. The van der Waals surface area contributed by atoms with Gasteiger partial charge in [-0.05, 0) is 72.4 Å². The molecular weight excluding hydrogens is 491 g/mol. The molecule has 1 unspecified atom stereocenters. The molecule has 1 atom stereocenters. The van der Waals surface area contributed by atoms with Gasteiger partial charge in [0, 0.05) is 23.8 Å². The minimum atomic E-state index is -0.508. The van der Waals surface area contributed by atoms with E-state index in [2.05, 4.69) is 39.6 Å². The van der Waals surface area contributed by atoms with E-state index in [0.717, 1.165) is 52.5 Å². The van der Waals surface area contributed by atoms with Gasteiger partial charge in [-0.3, -0.25) is 0 Å². The maximum Gasteiger partial charge on any atom is 0.220 e. The highest BCUT2D eigenvalue weighted by Crippen LogP contribution is 2.35. The Kier molecular flexibility index (Phi) is 5.94. The first-order valence-corrected chi connectivity index (χ1v) is 13.1. The van der Waals surface area contributed by atoms with Crippen molar-refractivity contribution in [3.63, 3.8) is 0 Å². The van der Waals surface area contributed by atoms with Crippen molar-refractivity contribution < 1.29 is 9.13 Å². The highest BCUT2D eigenvalue weighted by atomic mass is 19.1. The van der Waals surface area contributed by atoms with Crippen LogP contribution in [0.1, 0.15) is 25.5 Å². The quantitative estimate of drug-likeness (QED) is 0.234. The van der Waals surface area contributed by atoms with Crippen molar-refractivity contribution in [3.8, 4) is 39.3 Å². The number of pyridine rings is 1. The number of hydrogen-bond acceptors (Lipinski definition) is 5. The Morgan fingerprint density at radius 2 is 1.67 bits per heavy atom. The number of benzene rings is 3. The summed E-state index contributed by atoms with van der Waals surface area (Å²) in [5.41, 5.74) is 6.57. The van der Waals surface area contributed by atoms with Gasteiger partial charge < -0.3 is 4.74 Å². The van der Waals surface area contributed by atoms with E-state index >= 15 is 0 Å². The standard InChI is InChI=1S/C31H25FN6O/c32-31-25(9-6-17-33-31)23-13-16-28-26(19-23)30(35-38(28)29-10-4-5-18-39-29)27-20-37(36-34-27)24-14-11-22(12-15-24)21-7-2-1-3-8-21/h1-3,6-9,11-17,19-20,29H,4-5,10,18H2. The fourth-order valence-corrected chi connectivity index (χ4v) is 5.17. The van der Waals surface area contributed by atoms with Gasteiger partial charge >= 0.3 is 0 Å². The van der Waals surface area contributed by atoms with E-state index in [4.69, 9.17) is 9.84 Å². The summed E-state index contributed by atoms with van der Waals surface area (Å²) in [6.07, 6.45) is 6.18. The molecule has 4 heterocycles. The van der Waals surface area contributed by atoms with E-state index in [1.807, 2.05) is 59.4 Å². The zero-order valence-corrected chi connectivity index (χ0v) is 21.1. The lowest BCUT2D eigenvalue weighted by atomic mass is 10.0. The Labute approximate surface area is 224 Å². The first kappa shape index (κ1) is 23.4. The van der Waals surface area contributed by atoms with Gasteiger partial charge in [-0.2, -0.15) is 9.49 Å². The average molecular weight is 517 g/mol. The molecule has 0 radical (unpaired) electrons. The summed E-state index contributed by atoms with van der Waals surface area (Å²) in [4.78, 5) is 3.82. The largest absolute Gasteiger partial charge is 0.356 e. The van der Waals surface area contributed by atoms with Gasteiger partial charge in [0.2, 0.25) is 5.95 Å². The van der Waals surface area contributed by atoms with E-state index in [1.165, 1.54) is 6.20 Å². The average Bonchev–Trinajstić information content (AvgIpc) is 3.64. The van der Waals surface area contributed by atoms with Crippen molar-refractivity contribution in [1.82, 2.24) is 29.8 Å². The van der Waals surface area contributed by atoms with Crippen LogP contribution in [0.25, 0.3) is 50.2 Å². The maximum atomic E-state index is 14.5. The summed E-state index contributed by atoms with van der Waals surface area (Å²) in [7, 11) is 0. The van der Waals surface area contributed by atoms with Crippen LogP contribution in [0.5, 0.6) is 0 Å². The first-order valence-electron chi connectivity index (χ1n) is 13.1. The Morgan fingerprint density at radius 3 is 2.46 bits per heavy atom. The molecule has 0 saturated carbocycles. The normalized spacial score (nSPS) is 15.6. The van der Waals surface area contributed by atoms with E-state index in [9.17, 15) is 4.39 Å². The smallest absolute Gasteiger partial charge is 0.220 e. The molecule has 39 heavy (non-hydrogen) atoms. The van der Waals surface area contributed by atoms with Gasteiger partial charge in [0.25, 0.3) is 0 Å². The summed E-state index contributed by atoms with van der Waals surface area (Å²) in [6.45, 7) is 0.704. The SMILES string of the molecule is Fc1ncccc1-c1ccc2c(c1)c(-c1cn(-c3ccc(-c4ccccc4)cc3)nn1)nn2C1CCCCO1. The molecule has 7 nitrogen and oxygen atoms in total. The van der Waals surface area contributed by atoms with Crippen molar-refractivity contribution >= 4 is 10.9 Å². The molecular formula is C31H25FN6O. The number of ether oxygens (including phenoxy) is 1. The van der Waals surface area contributed by atoms with Gasteiger partial charge in [-0.25, -0.2) is 14.3 Å². The second-order valence-electron chi connectivity index (χ2n) is 9.65. The number of halogens is 1. The van der Waals surface area contributed by atoms with Gasteiger partial charge in [0.05, 0.1) is 17.4 Å². The van der Waals surface area contributed by atoms with Gasteiger partial charge in [0.15, 0.2) is 6.23 Å². The highest BCUT2D eigenvalue weighted by Gasteiger charge is 2.23. The van der Waals surface area contributed by atoms with Gasteiger partial charge in [-0.1, -0.05) is 53.7 Å².